The lowest BCUT2D eigenvalue weighted by molar-refractivity contribution is -0.135. The summed E-state index contributed by atoms with van der Waals surface area (Å²) in [4.78, 5) is 26.6. The van der Waals surface area contributed by atoms with Crippen molar-refractivity contribution < 1.29 is 4.79 Å². The van der Waals surface area contributed by atoms with Gasteiger partial charge in [0.25, 0.3) is 0 Å². The van der Waals surface area contributed by atoms with Crippen LogP contribution in [0.1, 0.15) is 61.5 Å². The van der Waals surface area contributed by atoms with E-state index < -0.39 is 0 Å². The Bertz CT molecular complexity index is 611. The van der Waals surface area contributed by atoms with Crippen LogP contribution in [0.3, 0.4) is 0 Å². The highest BCUT2D eigenvalue weighted by Crippen LogP contribution is 2.31. The standard InChI is InChI=1S/C19H28N4O/c1-22-9-8-17-16(12-22)11-20-18(21-17)15-7-10-23(13-15)19(24)14-5-3-2-4-6-14/h11,14-15H,2-10,12-13H2,1H3/t15-/m0/s1. The molecule has 1 saturated heterocycles. The monoisotopic (exact) mass is 328 g/mol. The van der Waals surface area contributed by atoms with E-state index in [-0.39, 0.29) is 5.92 Å². The molecular weight excluding hydrogens is 300 g/mol. The van der Waals surface area contributed by atoms with Crippen molar-refractivity contribution >= 4 is 5.91 Å². The van der Waals surface area contributed by atoms with Gasteiger partial charge in [-0.15, -0.1) is 0 Å². The van der Waals surface area contributed by atoms with E-state index in [9.17, 15) is 4.79 Å². The zero-order chi connectivity index (χ0) is 16.5. The van der Waals surface area contributed by atoms with E-state index in [4.69, 9.17) is 4.98 Å². The Balaban J connectivity index is 1.42. The highest BCUT2D eigenvalue weighted by atomic mass is 16.2. The molecule has 24 heavy (non-hydrogen) atoms. The molecule has 130 valence electrons. The summed E-state index contributed by atoms with van der Waals surface area (Å²) in [6, 6.07) is 0. The van der Waals surface area contributed by atoms with Gasteiger partial charge in [-0.05, 0) is 26.3 Å². The summed E-state index contributed by atoms with van der Waals surface area (Å²) in [6.07, 6.45) is 9.94. The van der Waals surface area contributed by atoms with Crippen LogP contribution in [0, 0.1) is 5.92 Å². The molecule has 1 aliphatic carbocycles. The summed E-state index contributed by atoms with van der Waals surface area (Å²) >= 11 is 0. The van der Waals surface area contributed by atoms with Crippen molar-refractivity contribution in [2.45, 2.75) is 57.4 Å². The van der Waals surface area contributed by atoms with Gasteiger partial charge < -0.3 is 9.80 Å². The molecular formula is C19H28N4O. The summed E-state index contributed by atoms with van der Waals surface area (Å²) in [5.74, 6) is 1.94. The summed E-state index contributed by atoms with van der Waals surface area (Å²) < 4.78 is 0. The average molecular weight is 328 g/mol. The Morgan fingerprint density at radius 3 is 2.83 bits per heavy atom. The van der Waals surface area contributed by atoms with E-state index in [1.54, 1.807) is 0 Å². The largest absolute Gasteiger partial charge is 0.342 e. The molecule has 2 fully saturated rings. The summed E-state index contributed by atoms with van der Waals surface area (Å²) in [5.41, 5.74) is 2.48. The first kappa shape index (κ1) is 16.0. The number of fused-ring (bicyclic) bond motifs is 1. The molecule has 1 amide bonds. The maximum Gasteiger partial charge on any atom is 0.225 e. The molecule has 1 aromatic rings. The second-order valence-electron chi connectivity index (χ2n) is 7.79. The average Bonchev–Trinajstić information content (AvgIpc) is 3.11. The van der Waals surface area contributed by atoms with E-state index in [1.807, 2.05) is 6.20 Å². The Morgan fingerprint density at radius 1 is 1.17 bits per heavy atom. The molecule has 3 heterocycles. The van der Waals surface area contributed by atoms with Crippen molar-refractivity contribution in [3.05, 3.63) is 23.3 Å². The van der Waals surface area contributed by atoms with Crippen LogP contribution in [0.4, 0.5) is 0 Å². The van der Waals surface area contributed by atoms with Crippen LogP contribution < -0.4 is 0 Å². The smallest absolute Gasteiger partial charge is 0.225 e. The summed E-state index contributed by atoms with van der Waals surface area (Å²) in [5, 5.41) is 0. The fourth-order valence-electron chi connectivity index (χ4n) is 4.45. The number of rotatable bonds is 2. The third kappa shape index (κ3) is 3.18. The highest BCUT2D eigenvalue weighted by Gasteiger charge is 2.33. The first-order valence-electron chi connectivity index (χ1n) is 9.53. The Hall–Kier alpha value is -1.49. The number of carbonyl (C=O) groups excluding carboxylic acids is 1. The van der Waals surface area contributed by atoms with E-state index in [1.165, 1.54) is 30.5 Å². The van der Waals surface area contributed by atoms with Crippen molar-refractivity contribution in [3.63, 3.8) is 0 Å². The van der Waals surface area contributed by atoms with Gasteiger partial charge >= 0.3 is 0 Å². The van der Waals surface area contributed by atoms with E-state index >= 15 is 0 Å². The van der Waals surface area contributed by atoms with Crippen molar-refractivity contribution in [1.82, 2.24) is 19.8 Å². The van der Waals surface area contributed by atoms with Crippen molar-refractivity contribution in [2.24, 2.45) is 5.92 Å². The maximum absolute atomic E-state index is 12.7. The molecule has 1 saturated carbocycles. The van der Waals surface area contributed by atoms with Crippen LogP contribution in [0.2, 0.25) is 0 Å². The fraction of sp³-hybridized carbons (Fsp3) is 0.737. The van der Waals surface area contributed by atoms with Gasteiger partial charge in [0.2, 0.25) is 5.91 Å². The van der Waals surface area contributed by atoms with Gasteiger partial charge in [-0.25, -0.2) is 9.97 Å². The maximum atomic E-state index is 12.7. The minimum Gasteiger partial charge on any atom is -0.342 e. The number of amides is 1. The summed E-state index contributed by atoms with van der Waals surface area (Å²) in [6.45, 7) is 3.71. The quantitative estimate of drug-likeness (QED) is 0.836. The molecule has 0 radical (unpaired) electrons. The minimum atomic E-state index is 0.275. The normalized spacial score (nSPS) is 25.7. The molecule has 4 rings (SSSR count). The van der Waals surface area contributed by atoms with Crippen LogP contribution in [-0.4, -0.2) is 52.4 Å². The molecule has 0 unspecified atom stereocenters. The van der Waals surface area contributed by atoms with Crippen molar-refractivity contribution in [1.29, 1.82) is 0 Å². The lowest BCUT2D eigenvalue weighted by Crippen LogP contribution is -2.35. The Kier molecular flexibility index (Phi) is 4.53. The van der Waals surface area contributed by atoms with Gasteiger partial charge in [0.1, 0.15) is 5.82 Å². The Labute approximate surface area is 144 Å². The predicted octanol–water partition coefficient (Wildman–Crippen LogP) is 2.36. The van der Waals surface area contributed by atoms with Gasteiger partial charge in [0, 0.05) is 61.9 Å². The van der Waals surface area contributed by atoms with Gasteiger partial charge in [-0.2, -0.15) is 0 Å². The number of likely N-dealkylation sites (N-methyl/N-ethyl adjacent to an activating group) is 1. The molecule has 3 aliphatic rings. The number of nitrogens with zero attached hydrogens (tertiary/aromatic N) is 4. The van der Waals surface area contributed by atoms with Gasteiger partial charge in [-0.3, -0.25) is 4.79 Å². The molecule has 5 heteroatoms. The number of aromatic nitrogens is 2. The molecule has 0 bridgehead atoms. The topological polar surface area (TPSA) is 49.3 Å². The van der Waals surface area contributed by atoms with Crippen LogP contribution >= 0.6 is 0 Å². The summed E-state index contributed by atoms with van der Waals surface area (Å²) in [7, 11) is 2.14. The van der Waals surface area contributed by atoms with Crippen LogP contribution in [0.25, 0.3) is 0 Å². The van der Waals surface area contributed by atoms with Crippen molar-refractivity contribution in [3.8, 4) is 0 Å². The third-order valence-corrected chi connectivity index (χ3v) is 5.96. The first-order chi connectivity index (χ1) is 11.7. The predicted molar refractivity (Wildman–Crippen MR) is 92.6 cm³/mol. The lowest BCUT2D eigenvalue weighted by atomic mass is 9.88. The van der Waals surface area contributed by atoms with Crippen LogP contribution in [-0.2, 0) is 17.8 Å². The molecule has 1 atom stereocenters. The molecule has 0 N–H and O–H groups in total. The number of carbonyl (C=O) groups is 1. The van der Waals surface area contributed by atoms with E-state index in [0.29, 0.717) is 11.8 Å². The molecule has 0 aromatic carbocycles. The van der Waals surface area contributed by atoms with Crippen LogP contribution in [0.5, 0.6) is 0 Å². The number of likely N-dealkylation sites (tertiary alicyclic amines) is 1. The highest BCUT2D eigenvalue weighted by molar-refractivity contribution is 5.79. The minimum absolute atomic E-state index is 0.275. The zero-order valence-corrected chi connectivity index (χ0v) is 14.7. The van der Waals surface area contributed by atoms with Gasteiger partial charge in [0.15, 0.2) is 0 Å². The van der Waals surface area contributed by atoms with Crippen LogP contribution in [0.15, 0.2) is 6.20 Å². The number of hydrogen-bond donors (Lipinski definition) is 0. The number of hydrogen-bond acceptors (Lipinski definition) is 4. The third-order valence-electron chi connectivity index (χ3n) is 5.96. The van der Waals surface area contributed by atoms with Gasteiger partial charge in [-0.1, -0.05) is 19.3 Å². The second kappa shape index (κ2) is 6.79. The van der Waals surface area contributed by atoms with E-state index in [2.05, 4.69) is 21.8 Å². The second-order valence-corrected chi connectivity index (χ2v) is 7.79. The van der Waals surface area contributed by atoms with Crippen molar-refractivity contribution in [2.75, 3.05) is 26.7 Å². The zero-order valence-electron chi connectivity index (χ0n) is 14.7. The van der Waals surface area contributed by atoms with Gasteiger partial charge in [0.05, 0.1) is 0 Å². The fourth-order valence-corrected chi connectivity index (χ4v) is 4.45. The molecule has 1 aromatic heterocycles. The SMILES string of the molecule is CN1CCc2nc([C@H]3CCN(C(=O)C4CCCCC4)C3)ncc2C1. The molecule has 2 aliphatic heterocycles. The molecule has 0 spiro atoms. The Morgan fingerprint density at radius 2 is 2.00 bits per heavy atom. The van der Waals surface area contributed by atoms with E-state index in [0.717, 1.165) is 57.7 Å². The molecule has 5 nitrogen and oxygen atoms in total. The first-order valence-corrected chi connectivity index (χ1v) is 9.53. The lowest BCUT2D eigenvalue weighted by Gasteiger charge is -2.26.